The summed E-state index contributed by atoms with van der Waals surface area (Å²) in [7, 11) is 0. The predicted molar refractivity (Wildman–Crippen MR) is 108 cm³/mol. The minimum Gasteiger partial charge on any atom is -0.381 e. The summed E-state index contributed by atoms with van der Waals surface area (Å²) in [5.41, 5.74) is 3.81. The topological polar surface area (TPSA) is 39.9 Å². The van der Waals surface area contributed by atoms with Crippen LogP contribution in [0.1, 0.15) is 49.2 Å². The van der Waals surface area contributed by atoms with Crippen molar-refractivity contribution in [3.8, 4) is 11.4 Å². The van der Waals surface area contributed by atoms with Gasteiger partial charge in [0.1, 0.15) is 0 Å². The first-order valence-electron chi connectivity index (χ1n) is 9.88. The Bertz CT molecular complexity index is 880. The highest BCUT2D eigenvalue weighted by atomic mass is 16.5. The Labute approximate surface area is 161 Å². The first-order chi connectivity index (χ1) is 13.2. The van der Waals surface area contributed by atoms with Crippen molar-refractivity contribution in [3.63, 3.8) is 0 Å². The fourth-order valence-electron chi connectivity index (χ4n) is 3.66. The number of nitrogens with zero attached hydrogens (tertiary/aromatic N) is 3. The van der Waals surface area contributed by atoms with Gasteiger partial charge in [0, 0.05) is 30.6 Å². The van der Waals surface area contributed by atoms with E-state index in [4.69, 9.17) is 14.8 Å². The minimum absolute atomic E-state index is 0.274. The Hall–Kier alpha value is -2.46. The molecular formula is C23H27N3O. The maximum absolute atomic E-state index is 5.56. The molecule has 0 saturated carbocycles. The SMILES string of the molecule is CC(C)n1nc(CCc2ccccc2)nc1-c1cccc(C2CCOC2)c1. The normalized spacial score (nSPS) is 16.9. The Kier molecular flexibility index (Phi) is 5.35. The Morgan fingerprint density at radius 3 is 2.67 bits per heavy atom. The maximum Gasteiger partial charge on any atom is 0.158 e. The number of aromatic nitrogens is 3. The fraction of sp³-hybridized carbons (Fsp3) is 0.391. The molecule has 1 unspecified atom stereocenters. The van der Waals surface area contributed by atoms with Gasteiger partial charge in [-0.25, -0.2) is 9.67 Å². The Morgan fingerprint density at radius 1 is 1.07 bits per heavy atom. The molecule has 0 radical (unpaired) electrons. The molecule has 1 aliphatic heterocycles. The molecular weight excluding hydrogens is 334 g/mol. The van der Waals surface area contributed by atoms with Crippen LogP contribution in [0.3, 0.4) is 0 Å². The highest BCUT2D eigenvalue weighted by Gasteiger charge is 2.20. The van der Waals surface area contributed by atoms with E-state index in [1.165, 1.54) is 11.1 Å². The van der Waals surface area contributed by atoms with Gasteiger partial charge in [-0.2, -0.15) is 5.10 Å². The Morgan fingerprint density at radius 2 is 1.93 bits per heavy atom. The van der Waals surface area contributed by atoms with Crippen LogP contribution in [-0.4, -0.2) is 28.0 Å². The lowest BCUT2D eigenvalue weighted by atomic mass is 9.96. The molecule has 1 aromatic heterocycles. The minimum atomic E-state index is 0.274. The van der Waals surface area contributed by atoms with Crippen LogP contribution in [0, 0.1) is 0 Å². The molecule has 4 nitrogen and oxygen atoms in total. The van der Waals surface area contributed by atoms with Gasteiger partial charge in [0.15, 0.2) is 11.6 Å². The number of ether oxygens (including phenoxy) is 1. The monoisotopic (exact) mass is 361 g/mol. The van der Waals surface area contributed by atoms with Crippen molar-refractivity contribution in [2.75, 3.05) is 13.2 Å². The second-order valence-electron chi connectivity index (χ2n) is 7.56. The summed E-state index contributed by atoms with van der Waals surface area (Å²) >= 11 is 0. The average molecular weight is 361 g/mol. The van der Waals surface area contributed by atoms with Crippen molar-refractivity contribution in [1.29, 1.82) is 0 Å². The van der Waals surface area contributed by atoms with E-state index in [0.717, 1.165) is 49.7 Å². The predicted octanol–water partition coefficient (Wildman–Crippen LogP) is 4.82. The van der Waals surface area contributed by atoms with Crippen molar-refractivity contribution in [2.24, 2.45) is 0 Å². The molecule has 1 atom stereocenters. The zero-order valence-corrected chi connectivity index (χ0v) is 16.1. The van der Waals surface area contributed by atoms with Crippen molar-refractivity contribution in [1.82, 2.24) is 14.8 Å². The summed E-state index contributed by atoms with van der Waals surface area (Å²) in [5, 5.41) is 4.81. The van der Waals surface area contributed by atoms with Gasteiger partial charge in [0.25, 0.3) is 0 Å². The third-order valence-corrected chi connectivity index (χ3v) is 5.19. The van der Waals surface area contributed by atoms with E-state index in [1.54, 1.807) is 0 Å². The molecule has 4 heteroatoms. The van der Waals surface area contributed by atoms with E-state index in [1.807, 2.05) is 0 Å². The van der Waals surface area contributed by atoms with Crippen LogP contribution in [-0.2, 0) is 17.6 Å². The van der Waals surface area contributed by atoms with Crippen molar-refractivity contribution < 1.29 is 4.74 Å². The second-order valence-corrected chi connectivity index (χ2v) is 7.56. The highest BCUT2D eigenvalue weighted by molar-refractivity contribution is 5.57. The number of aryl methyl sites for hydroxylation is 2. The zero-order valence-electron chi connectivity index (χ0n) is 16.1. The third-order valence-electron chi connectivity index (χ3n) is 5.19. The molecule has 1 fully saturated rings. The summed E-state index contributed by atoms with van der Waals surface area (Å²) in [5.74, 6) is 2.38. The van der Waals surface area contributed by atoms with Gasteiger partial charge in [-0.05, 0) is 43.9 Å². The Balaban J connectivity index is 1.60. The van der Waals surface area contributed by atoms with Crippen molar-refractivity contribution >= 4 is 0 Å². The zero-order chi connectivity index (χ0) is 18.6. The summed E-state index contributed by atoms with van der Waals surface area (Å²) in [6, 6.07) is 19.6. The molecule has 0 spiro atoms. The van der Waals surface area contributed by atoms with Gasteiger partial charge in [0.2, 0.25) is 0 Å². The highest BCUT2D eigenvalue weighted by Crippen LogP contribution is 2.29. The van der Waals surface area contributed by atoms with Crippen molar-refractivity contribution in [3.05, 3.63) is 71.5 Å². The van der Waals surface area contributed by atoms with E-state index in [2.05, 4.69) is 73.1 Å². The largest absolute Gasteiger partial charge is 0.381 e. The van der Waals surface area contributed by atoms with Crippen LogP contribution >= 0.6 is 0 Å². The molecule has 1 aliphatic rings. The first kappa shape index (κ1) is 17.9. The molecule has 4 rings (SSSR count). The lowest BCUT2D eigenvalue weighted by Crippen LogP contribution is -2.06. The molecule has 0 N–H and O–H groups in total. The lowest BCUT2D eigenvalue weighted by molar-refractivity contribution is 0.194. The van der Waals surface area contributed by atoms with E-state index < -0.39 is 0 Å². The summed E-state index contributed by atoms with van der Waals surface area (Å²) < 4.78 is 7.62. The van der Waals surface area contributed by atoms with Gasteiger partial charge in [-0.1, -0.05) is 48.5 Å². The number of hydrogen-bond acceptors (Lipinski definition) is 3. The number of benzene rings is 2. The fourth-order valence-corrected chi connectivity index (χ4v) is 3.66. The third kappa shape index (κ3) is 4.11. The van der Waals surface area contributed by atoms with Crippen LogP contribution in [0.4, 0.5) is 0 Å². The van der Waals surface area contributed by atoms with Gasteiger partial charge < -0.3 is 4.74 Å². The maximum atomic E-state index is 5.56. The molecule has 2 aromatic carbocycles. The smallest absolute Gasteiger partial charge is 0.158 e. The number of rotatable bonds is 6. The molecule has 3 aromatic rings. The number of hydrogen-bond donors (Lipinski definition) is 0. The lowest BCUT2D eigenvalue weighted by Gasteiger charge is -2.12. The van der Waals surface area contributed by atoms with Gasteiger partial charge in [0.05, 0.1) is 6.61 Å². The summed E-state index contributed by atoms with van der Waals surface area (Å²) in [4.78, 5) is 4.91. The van der Waals surface area contributed by atoms with Gasteiger partial charge in [-0.15, -0.1) is 0 Å². The molecule has 27 heavy (non-hydrogen) atoms. The quantitative estimate of drug-likeness (QED) is 0.632. The van der Waals surface area contributed by atoms with Crippen LogP contribution in [0.25, 0.3) is 11.4 Å². The summed E-state index contributed by atoms with van der Waals surface area (Å²) in [6.45, 7) is 6.00. The van der Waals surface area contributed by atoms with Crippen LogP contribution in [0.15, 0.2) is 54.6 Å². The van der Waals surface area contributed by atoms with Gasteiger partial charge in [-0.3, -0.25) is 0 Å². The van der Waals surface area contributed by atoms with Gasteiger partial charge >= 0.3 is 0 Å². The van der Waals surface area contributed by atoms with Crippen LogP contribution < -0.4 is 0 Å². The molecule has 0 aliphatic carbocycles. The van der Waals surface area contributed by atoms with Crippen molar-refractivity contribution in [2.45, 2.75) is 45.1 Å². The first-order valence-corrected chi connectivity index (χ1v) is 9.88. The standard InChI is InChI=1S/C23H27N3O/c1-17(2)26-23(20-10-6-9-19(15-20)21-13-14-27-16-21)24-22(25-26)12-11-18-7-4-3-5-8-18/h3-10,15,17,21H,11-14,16H2,1-2H3. The van der Waals surface area contributed by atoms with Crippen LogP contribution in [0.5, 0.6) is 0 Å². The van der Waals surface area contributed by atoms with E-state index in [-0.39, 0.29) is 6.04 Å². The average Bonchev–Trinajstić information content (AvgIpc) is 3.37. The van der Waals surface area contributed by atoms with E-state index >= 15 is 0 Å². The van der Waals surface area contributed by atoms with Crippen LogP contribution in [0.2, 0.25) is 0 Å². The molecule has 2 heterocycles. The van der Waals surface area contributed by atoms with E-state index in [9.17, 15) is 0 Å². The molecule has 0 bridgehead atoms. The van der Waals surface area contributed by atoms with E-state index in [0.29, 0.717) is 5.92 Å². The molecule has 0 amide bonds. The summed E-state index contributed by atoms with van der Waals surface area (Å²) in [6.07, 6.45) is 2.91. The second kappa shape index (κ2) is 8.05. The molecule has 140 valence electrons. The molecule has 1 saturated heterocycles.